The molecule has 104 valence electrons. The van der Waals surface area contributed by atoms with Gasteiger partial charge in [0.2, 0.25) is 5.91 Å². The Morgan fingerprint density at radius 1 is 1.40 bits per heavy atom. The number of thiazole rings is 1. The first-order chi connectivity index (χ1) is 9.54. The van der Waals surface area contributed by atoms with E-state index in [1.54, 1.807) is 5.38 Å². The molecule has 3 rings (SSSR count). The zero-order chi connectivity index (χ0) is 14.3. The Hall–Kier alpha value is -1.82. The first-order valence-corrected chi connectivity index (χ1v) is 7.14. The summed E-state index contributed by atoms with van der Waals surface area (Å²) in [5, 5.41) is 4.94. The number of nitrogens with zero attached hydrogens (tertiary/aromatic N) is 1. The highest BCUT2D eigenvalue weighted by Crippen LogP contribution is 2.38. The highest BCUT2D eigenvalue weighted by atomic mass is 32.1. The van der Waals surface area contributed by atoms with Crippen LogP contribution in [-0.2, 0) is 4.79 Å². The second kappa shape index (κ2) is 4.94. The van der Waals surface area contributed by atoms with Crippen molar-refractivity contribution in [3.63, 3.8) is 0 Å². The number of aromatic nitrogens is 1. The fraction of sp³-hybridized carbons (Fsp3) is 0.286. The lowest BCUT2D eigenvalue weighted by Gasteiger charge is -2.00. The van der Waals surface area contributed by atoms with E-state index >= 15 is 0 Å². The zero-order valence-corrected chi connectivity index (χ0v) is 11.5. The highest BCUT2D eigenvalue weighted by Gasteiger charge is 2.39. The molecule has 0 unspecified atom stereocenters. The molecule has 20 heavy (non-hydrogen) atoms. The minimum atomic E-state index is -0.909. The van der Waals surface area contributed by atoms with Crippen LogP contribution in [-0.4, -0.2) is 10.9 Å². The SMILES string of the molecule is C[C@@H]1C[C@@H]1C(=O)Nc1nc(-c2ccc(F)c(F)c2)cs1. The molecule has 0 radical (unpaired) electrons. The maximum Gasteiger partial charge on any atom is 0.229 e. The van der Waals surface area contributed by atoms with Gasteiger partial charge in [-0.2, -0.15) is 0 Å². The lowest BCUT2D eigenvalue weighted by Crippen LogP contribution is -2.14. The number of rotatable bonds is 3. The minimum absolute atomic E-state index is 0.0244. The van der Waals surface area contributed by atoms with E-state index in [0.29, 0.717) is 22.3 Å². The van der Waals surface area contributed by atoms with E-state index in [4.69, 9.17) is 0 Å². The number of halogens is 2. The number of nitrogens with one attached hydrogen (secondary N) is 1. The lowest BCUT2D eigenvalue weighted by atomic mass is 10.2. The van der Waals surface area contributed by atoms with Crippen molar-refractivity contribution in [3.8, 4) is 11.3 Å². The molecule has 1 aliphatic rings. The largest absolute Gasteiger partial charge is 0.302 e. The third-order valence-electron chi connectivity index (χ3n) is 3.40. The lowest BCUT2D eigenvalue weighted by molar-refractivity contribution is -0.117. The van der Waals surface area contributed by atoms with Crippen LogP contribution in [0, 0.1) is 23.5 Å². The molecule has 1 aromatic heterocycles. The number of amides is 1. The molecule has 0 saturated heterocycles. The third kappa shape index (κ3) is 2.56. The van der Waals surface area contributed by atoms with E-state index in [9.17, 15) is 13.6 Å². The molecule has 0 spiro atoms. The van der Waals surface area contributed by atoms with Gasteiger partial charge in [-0.1, -0.05) is 6.92 Å². The fourth-order valence-corrected chi connectivity index (χ4v) is 2.73. The Morgan fingerprint density at radius 3 is 2.80 bits per heavy atom. The number of carbonyl (C=O) groups is 1. The first kappa shape index (κ1) is 13.2. The van der Waals surface area contributed by atoms with E-state index in [0.717, 1.165) is 18.6 Å². The molecule has 1 saturated carbocycles. The summed E-state index contributed by atoms with van der Waals surface area (Å²) in [6.45, 7) is 2.03. The van der Waals surface area contributed by atoms with Crippen molar-refractivity contribution in [3.05, 3.63) is 35.2 Å². The van der Waals surface area contributed by atoms with Crippen LogP contribution in [0.25, 0.3) is 11.3 Å². The summed E-state index contributed by atoms with van der Waals surface area (Å²) in [5.41, 5.74) is 1.01. The minimum Gasteiger partial charge on any atom is -0.302 e. The van der Waals surface area contributed by atoms with E-state index in [1.807, 2.05) is 6.92 Å². The smallest absolute Gasteiger partial charge is 0.229 e. The Bertz CT molecular complexity index is 671. The standard InChI is InChI=1S/C14H12F2N2OS/c1-7-4-9(7)13(19)18-14-17-12(6-20-14)8-2-3-10(15)11(16)5-8/h2-3,5-7,9H,4H2,1H3,(H,17,18,19)/t7-,9+/m1/s1. The van der Waals surface area contributed by atoms with Gasteiger partial charge < -0.3 is 5.32 Å². The summed E-state index contributed by atoms with van der Waals surface area (Å²) in [4.78, 5) is 16.0. The Morgan fingerprint density at radius 2 is 2.15 bits per heavy atom. The van der Waals surface area contributed by atoms with E-state index in [2.05, 4.69) is 10.3 Å². The summed E-state index contributed by atoms with van der Waals surface area (Å²) in [6, 6.07) is 3.62. The van der Waals surface area contributed by atoms with Gasteiger partial charge in [-0.05, 0) is 30.5 Å². The number of hydrogen-bond donors (Lipinski definition) is 1. The van der Waals surface area contributed by atoms with Crippen LogP contribution < -0.4 is 5.32 Å². The van der Waals surface area contributed by atoms with Gasteiger partial charge in [0.15, 0.2) is 16.8 Å². The van der Waals surface area contributed by atoms with E-state index < -0.39 is 11.6 Å². The first-order valence-electron chi connectivity index (χ1n) is 6.26. The van der Waals surface area contributed by atoms with Crippen LogP contribution in [0.4, 0.5) is 13.9 Å². The molecule has 2 aromatic rings. The number of carbonyl (C=O) groups excluding carboxylic acids is 1. The van der Waals surface area contributed by atoms with Crippen LogP contribution in [0.5, 0.6) is 0 Å². The quantitative estimate of drug-likeness (QED) is 0.938. The fourth-order valence-electron chi connectivity index (χ4n) is 2.00. The highest BCUT2D eigenvalue weighted by molar-refractivity contribution is 7.14. The van der Waals surface area contributed by atoms with Gasteiger partial charge in [0.1, 0.15) is 0 Å². The molecular formula is C14H12F2N2OS. The normalized spacial score (nSPS) is 20.8. The second-order valence-electron chi connectivity index (χ2n) is 4.98. The molecule has 1 heterocycles. The topological polar surface area (TPSA) is 42.0 Å². The van der Waals surface area contributed by atoms with Crippen molar-refractivity contribution in [2.24, 2.45) is 11.8 Å². The number of hydrogen-bond acceptors (Lipinski definition) is 3. The molecule has 1 aliphatic carbocycles. The van der Waals surface area contributed by atoms with Crippen LogP contribution in [0.1, 0.15) is 13.3 Å². The van der Waals surface area contributed by atoms with Gasteiger partial charge in [-0.15, -0.1) is 11.3 Å². The molecule has 1 fully saturated rings. The van der Waals surface area contributed by atoms with Gasteiger partial charge in [-0.3, -0.25) is 4.79 Å². The van der Waals surface area contributed by atoms with Gasteiger partial charge >= 0.3 is 0 Å². The van der Waals surface area contributed by atoms with Crippen molar-refractivity contribution in [1.82, 2.24) is 4.98 Å². The van der Waals surface area contributed by atoms with Crippen molar-refractivity contribution >= 4 is 22.4 Å². The van der Waals surface area contributed by atoms with Crippen LogP contribution in [0.2, 0.25) is 0 Å². The zero-order valence-electron chi connectivity index (χ0n) is 10.7. The Kier molecular flexibility index (Phi) is 3.25. The predicted octanol–water partition coefficient (Wildman–Crippen LogP) is 3.68. The van der Waals surface area contributed by atoms with Gasteiger partial charge in [-0.25, -0.2) is 13.8 Å². The van der Waals surface area contributed by atoms with Gasteiger partial charge in [0.25, 0.3) is 0 Å². The van der Waals surface area contributed by atoms with Crippen LogP contribution in [0.3, 0.4) is 0 Å². The number of benzene rings is 1. The predicted molar refractivity (Wildman–Crippen MR) is 73.4 cm³/mol. The van der Waals surface area contributed by atoms with E-state index in [-0.39, 0.29) is 11.8 Å². The van der Waals surface area contributed by atoms with Crippen molar-refractivity contribution in [2.45, 2.75) is 13.3 Å². The van der Waals surface area contributed by atoms with Crippen molar-refractivity contribution in [1.29, 1.82) is 0 Å². The average Bonchev–Trinajstić information content (AvgIpc) is 2.97. The number of anilines is 1. The van der Waals surface area contributed by atoms with Crippen molar-refractivity contribution in [2.75, 3.05) is 5.32 Å². The maximum atomic E-state index is 13.2. The van der Waals surface area contributed by atoms with Gasteiger partial charge in [0, 0.05) is 16.9 Å². The maximum absolute atomic E-state index is 13.2. The monoisotopic (exact) mass is 294 g/mol. The molecule has 3 nitrogen and oxygen atoms in total. The molecule has 1 N–H and O–H groups in total. The summed E-state index contributed by atoms with van der Waals surface area (Å²) in [6.07, 6.45) is 0.910. The molecule has 6 heteroatoms. The molecule has 2 atom stereocenters. The average molecular weight is 294 g/mol. The second-order valence-corrected chi connectivity index (χ2v) is 5.83. The van der Waals surface area contributed by atoms with Crippen LogP contribution in [0.15, 0.2) is 23.6 Å². The van der Waals surface area contributed by atoms with Gasteiger partial charge in [0.05, 0.1) is 5.69 Å². The summed E-state index contributed by atoms with van der Waals surface area (Å²) >= 11 is 1.27. The molecule has 0 aliphatic heterocycles. The summed E-state index contributed by atoms with van der Waals surface area (Å²) < 4.78 is 26.0. The summed E-state index contributed by atoms with van der Waals surface area (Å²) in [5.74, 6) is -1.32. The molecular weight excluding hydrogens is 282 g/mol. The Labute approximate surface area is 118 Å². The third-order valence-corrected chi connectivity index (χ3v) is 4.15. The molecule has 1 aromatic carbocycles. The Balaban J connectivity index is 1.76. The van der Waals surface area contributed by atoms with E-state index in [1.165, 1.54) is 17.4 Å². The molecule has 0 bridgehead atoms. The van der Waals surface area contributed by atoms with Crippen LogP contribution >= 0.6 is 11.3 Å². The van der Waals surface area contributed by atoms with Crippen molar-refractivity contribution < 1.29 is 13.6 Å². The molecule has 1 amide bonds. The summed E-state index contributed by atoms with van der Waals surface area (Å²) in [7, 11) is 0.